The molecule has 2 aromatic carbocycles. The molecule has 1 N–H and O–H groups in total. The average molecular weight is 352 g/mol. The number of anilines is 3. The lowest BCUT2D eigenvalue weighted by Crippen LogP contribution is -2.15. The van der Waals surface area contributed by atoms with E-state index in [2.05, 4.69) is 10.3 Å². The number of halogens is 1. The van der Waals surface area contributed by atoms with Crippen LogP contribution < -0.4 is 10.2 Å². The third-order valence-corrected chi connectivity index (χ3v) is 4.34. The highest BCUT2D eigenvalue weighted by atomic mass is 35.5. The van der Waals surface area contributed by atoms with Crippen LogP contribution >= 0.6 is 11.6 Å². The molecule has 3 aromatic rings. The maximum Gasteiger partial charge on any atom is 0.274 e. The Morgan fingerprint density at radius 3 is 2.52 bits per heavy atom. The predicted octanol–water partition coefficient (Wildman–Crippen LogP) is 5.06. The van der Waals surface area contributed by atoms with Crippen LogP contribution in [0.25, 0.3) is 0 Å². The van der Waals surface area contributed by atoms with Gasteiger partial charge in [-0.25, -0.2) is 0 Å². The molecule has 3 rings (SSSR count). The van der Waals surface area contributed by atoms with Crippen LogP contribution in [0, 0.1) is 6.92 Å². The first kappa shape index (κ1) is 17.0. The van der Waals surface area contributed by atoms with Gasteiger partial charge in [-0.05, 0) is 48.9 Å². The van der Waals surface area contributed by atoms with Gasteiger partial charge in [0.05, 0.1) is 0 Å². The van der Waals surface area contributed by atoms with E-state index in [1.807, 2.05) is 67.4 Å². The number of para-hydroxylation sites is 1. The van der Waals surface area contributed by atoms with Gasteiger partial charge in [0, 0.05) is 35.3 Å². The third kappa shape index (κ3) is 3.98. The summed E-state index contributed by atoms with van der Waals surface area (Å²) in [6.07, 6.45) is 1.63. The number of nitrogens with one attached hydrogen (secondary N) is 1. The second-order valence-corrected chi connectivity index (χ2v) is 6.12. The molecule has 1 aromatic heterocycles. The topological polar surface area (TPSA) is 45.2 Å². The largest absolute Gasteiger partial charge is 0.345 e. The van der Waals surface area contributed by atoms with Crippen LogP contribution in [0.2, 0.25) is 5.02 Å². The average Bonchev–Trinajstić information content (AvgIpc) is 2.65. The summed E-state index contributed by atoms with van der Waals surface area (Å²) in [6.45, 7) is 1.92. The molecule has 0 aliphatic heterocycles. The van der Waals surface area contributed by atoms with Crippen molar-refractivity contribution < 1.29 is 4.79 Å². The van der Waals surface area contributed by atoms with Crippen molar-refractivity contribution >= 4 is 34.6 Å². The van der Waals surface area contributed by atoms with Crippen molar-refractivity contribution in [3.05, 3.63) is 83.1 Å². The number of hydrogen-bond acceptors (Lipinski definition) is 3. The Morgan fingerprint density at radius 2 is 1.80 bits per heavy atom. The van der Waals surface area contributed by atoms with Crippen LogP contribution in [0.4, 0.5) is 17.1 Å². The number of amides is 1. The monoisotopic (exact) mass is 351 g/mol. The SMILES string of the molecule is Cc1ccc(NC(=O)c2cc(N(C)c3ccccc3)ccn2)cc1Cl. The van der Waals surface area contributed by atoms with Gasteiger partial charge < -0.3 is 10.2 Å². The molecule has 1 amide bonds. The van der Waals surface area contributed by atoms with Gasteiger partial charge >= 0.3 is 0 Å². The molecular formula is C20H18ClN3O. The lowest BCUT2D eigenvalue weighted by Gasteiger charge is -2.19. The first-order valence-electron chi connectivity index (χ1n) is 7.87. The zero-order valence-corrected chi connectivity index (χ0v) is 14.8. The van der Waals surface area contributed by atoms with E-state index < -0.39 is 0 Å². The molecule has 0 radical (unpaired) electrons. The number of hydrogen-bond donors (Lipinski definition) is 1. The number of aryl methyl sites for hydroxylation is 1. The highest BCUT2D eigenvalue weighted by Gasteiger charge is 2.11. The van der Waals surface area contributed by atoms with E-state index in [1.165, 1.54) is 0 Å². The van der Waals surface area contributed by atoms with Crippen LogP contribution in [-0.4, -0.2) is 17.9 Å². The molecule has 1 heterocycles. The molecule has 0 unspecified atom stereocenters. The quantitative estimate of drug-likeness (QED) is 0.714. The van der Waals surface area contributed by atoms with E-state index in [0.717, 1.165) is 16.9 Å². The van der Waals surface area contributed by atoms with Crippen molar-refractivity contribution in [2.45, 2.75) is 6.92 Å². The van der Waals surface area contributed by atoms with E-state index in [0.29, 0.717) is 16.4 Å². The van der Waals surface area contributed by atoms with E-state index >= 15 is 0 Å². The van der Waals surface area contributed by atoms with Crippen molar-refractivity contribution in [2.24, 2.45) is 0 Å². The molecule has 0 saturated carbocycles. The molecule has 0 spiro atoms. The normalized spacial score (nSPS) is 10.4. The molecule has 4 nitrogen and oxygen atoms in total. The first-order chi connectivity index (χ1) is 12.0. The van der Waals surface area contributed by atoms with Gasteiger partial charge in [-0.2, -0.15) is 0 Å². The fourth-order valence-corrected chi connectivity index (χ4v) is 2.60. The molecule has 0 atom stereocenters. The van der Waals surface area contributed by atoms with E-state index in [-0.39, 0.29) is 5.91 Å². The summed E-state index contributed by atoms with van der Waals surface area (Å²) in [5.74, 6) is -0.275. The zero-order valence-electron chi connectivity index (χ0n) is 14.0. The summed E-state index contributed by atoms with van der Waals surface area (Å²) >= 11 is 6.10. The van der Waals surface area contributed by atoms with Crippen LogP contribution in [0.15, 0.2) is 66.9 Å². The van der Waals surface area contributed by atoms with Gasteiger partial charge in [0.1, 0.15) is 5.69 Å². The number of benzene rings is 2. The van der Waals surface area contributed by atoms with Crippen molar-refractivity contribution in [1.29, 1.82) is 0 Å². The number of rotatable bonds is 4. The van der Waals surface area contributed by atoms with E-state index in [4.69, 9.17) is 11.6 Å². The fourth-order valence-electron chi connectivity index (χ4n) is 2.42. The Labute approximate surface area is 152 Å². The Hall–Kier alpha value is -2.85. The zero-order chi connectivity index (χ0) is 17.8. The van der Waals surface area contributed by atoms with Crippen molar-refractivity contribution in [1.82, 2.24) is 4.98 Å². The molecular weight excluding hydrogens is 334 g/mol. The van der Waals surface area contributed by atoms with Crippen LogP contribution in [-0.2, 0) is 0 Å². The van der Waals surface area contributed by atoms with E-state index in [1.54, 1.807) is 18.3 Å². The minimum Gasteiger partial charge on any atom is -0.345 e. The number of carbonyl (C=O) groups is 1. The maximum absolute atomic E-state index is 12.5. The lowest BCUT2D eigenvalue weighted by atomic mass is 10.2. The van der Waals surface area contributed by atoms with Crippen LogP contribution in [0.5, 0.6) is 0 Å². The second kappa shape index (κ2) is 7.36. The van der Waals surface area contributed by atoms with Gasteiger partial charge in [0.25, 0.3) is 5.91 Å². The van der Waals surface area contributed by atoms with Gasteiger partial charge in [-0.1, -0.05) is 35.9 Å². The van der Waals surface area contributed by atoms with Gasteiger partial charge in [0.15, 0.2) is 0 Å². The number of pyridine rings is 1. The standard InChI is InChI=1S/C20H18ClN3O/c1-14-8-9-15(12-18(14)21)23-20(25)19-13-17(10-11-22-19)24(2)16-6-4-3-5-7-16/h3-13H,1-2H3,(H,23,25). The molecule has 0 saturated heterocycles. The Bertz CT molecular complexity index is 896. The van der Waals surface area contributed by atoms with Crippen LogP contribution in [0.3, 0.4) is 0 Å². The minimum absolute atomic E-state index is 0.275. The van der Waals surface area contributed by atoms with Crippen molar-refractivity contribution in [2.75, 3.05) is 17.3 Å². The number of nitrogens with zero attached hydrogens (tertiary/aromatic N) is 2. The summed E-state index contributed by atoms with van der Waals surface area (Å²) < 4.78 is 0. The molecule has 0 fully saturated rings. The molecule has 0 bridgehead atoms. The van der Waals surface area contributed by atoms with Crippen molar-refractivity contribution in [3.63, 3.8) is 0 Å². The summed E-state index contributed by atoms with van der Waals surface area (Å²) in [6, 6.07) is 19.0. The van der Waals surface area contributed by atoms with Gasteiger partial charge in [-0.3, -0.25) is 9.78 Å². The molecule has 5 heteroatoms. The summed E-state index contributed by atoms with van der Waals surface area (Å²) in [4.78, 5) is 18.7. The number of carbonyl (C=O) groups excluding carboxylic acids is 1. The highest BCUT2D eigenvalue weighted by Crippen LogP contribution is 2.24. The van der Waals surface area contributed by atoms with Crippen LogP contribution in [0.1, 0.15) is 16.1 Å². The molecule has 0 aliphatic carbocycles. The van der Waals surface area contributed by atoms with Gasteiger partial charge in [-0.15, -0.1) is 0 Å². The van der Waals surface area contributed by atoms with Crippen molar-refractivity contribution in [3.8, 4) is 0 Å². The molecule has 25 heavy (non-hydrogen) atoms. The summed E-state index contributed by atoms with van der Waals surface area (Å²) in [7, 11) is 1.95. The van der Waals surface area contributed by atoms with E-state index in [9.17, 15) is 4.79 Å². The maximum atomic E-state index is 12.5. The lowest BCUT2D eigenvalue weighted by molar-refractivity contribution is 0.102. The summed E-state index contributed by atoms with van der Waals surface area (Å²) in [5.41, 5.74) is 3.86. The minimum atomic E-state index is -0.275. The number of aromatic nitrogens is 1. The summed E-state index contributed by atoms with van der Waals surface area (Å²) in [5, 5.41) is 3.44. The Kier molecular flexibility index (Phi) is 5.00. The second-order valence-electron chi connectivity index (χ2n) is 5.71. The first-order valence-corrected chi connectivity index (χ1v) is 8.25. The molecule has 126 valence electrons. The Morgan fingerprint density at radius 1 is 1.04 bits per heavy atom. The molecule has 0 aliphatic rings. The Balaban J connectivity index is 1.81. The highest BCUT2D eigenvalue weighted by molar-refractivity contribution is 6.31. The van der Waals surface area contributed by atoms with Gasteiger partial charge in [0.2, 0.25) is 0 Å². The smallest absolute Gasteiger partial charge is 0.274 e. The third-order valence-electron chi connectivity index (χ3n) is 3.94. The fraction of sp³-hybridized carbons (Fsp3) is 0.100. The predicted molar refractivity (Wildman–Crippen MR) is 103 cm³/mol.